The third-order valence-electron chi connectivity index (χ3n) is 6.54. The fraction of sp³-hybridized carbons (Fsp3) is 0.542. The van der Waals surface area contributed by atoms with Crippen molar-refractivity contribution in [2.24, 2.45) is 23.7 Å². The summed E-state index contributed by atoms with van der Waals surface area (Å²) >= 11 is 0. The molecule has 0 spiro atoms. The molecule has 6 atom stereocenters. The number of esters is 1. The molecule has 4 heteroatoms. The Morgan fingerprint density at radius 2 is 2.00 bits per heavy atom. The predicted molar refractivity (Wildman–Crippen MR) is 110 cm³/mol. The van der Waals surface area contributed by atoms with Crippen LogP contribution in [0.15, 0.2) is 48.6 Å². The van der Waals surface area contributed by atoms with E-state index in [1.165, 1.54) is 6.08 Å². The van der Waals surface area contributed by atoms with E-state index in [-0.39, 0.29) is 23.7 Å². The van der Waals surface area contributed by atoms with Gasteiger partial charge in [0.05, 0.1) is 11.7 Å². The smallest absolute Gasteiger partial charge is 0.331 e. The lowest BCUT2D eigenvalue weighted by atomic mass is 9.74. The molecule has 0 saturated heterocycles. The molecule has 152 valence electrons. The first-order chi connectivity index (χ1) is 13.2. The molecule has 4 nitrogen and oxygen atoms in total. The van der Waals surface area contributed by atoms with Crippen molar-refractivity contribution in [2.75, 3.05) is 0 Å². The summed E-state index contributed by atoms with van der Waals surface area (Å²) in [5.74, 6) is -0.761. The molecule has 0 heterocycles. The Kier molecular flexibility index (Phi) is 6.11. The summed E-state index contributed by atoms with van der Waals surface area (Å²) < 4.78 is 5.81. The fourth-order valence-corrected chi connectivity index (χ4v) is 5.16. The molecule has 1 aromatic rings. The van der Waals surface area contributed by atoms with E-state index < -0.39 is 23.8 Å². The number of benzene rings is 1. The van der Waals surface area contributed by atoms with Crippen molar-refractivity contribution in [1.82, 2.24) is 0 Å². The van der Waals surface area contributed by atoms with Crippen LogP contribution in [0.4, 0.5) is 0 Å². The van der Waals surface area contributed by atoms with Crippen molar-refractivity contribution in [1.29, 1.82) is 0 Å². The van der Waals surface area contributed by atoms with E-state index in [2.05, 4.69) is 6.58 Å². The maximum atomic E-state index is 12.5. The molecule has 3 rings (SSSR count). The van der Waals surface area contributed by atoms with Gasteiger partial charge in [-0.1, -0.05) is 56.3 Å². The summed E-state index contributed by atoms with van der Waals surface area (Å²) in [5.41, 5.74) is 0.970. The van der Waals surface area contributed by atoms with Crippen LogP contribution in [0, 0.1) is 23.7 Å². The van der Waals surface area contributed by atoms with E-state index in [0.29, 0.717) is 12.8 Å². The number of hydrogen-bond acceptors (Lipinski definition) is 4. The molecule has 2 fully saturated rings. The molecule has 2 aliphatic rings. The van der Waals surface area contributed by atoms with Crippen LogP contribution >= 0.6 is 0 Å². The lowest BCUT2D eigenvalue weighted by Gasteiger charge is -2.38. The highest BCUT2D eigenvalue weighted by molar-refractivity contribution is 5.87. The number of hydrogen-bond donors (Lipinski definition) is 2. The Labute approximate surface area is 167 Å². The molecule has 0 aliphatic heterocycles. The summed E-state index contributed by atoms with van der Waals surface area (Å²) in [4.78, 5) is 12.5. The highest BCUT2D eigenvalue weighted by atomic mass is 16.5. The number of carbonyl (C=O) groups excluding carboxylic acids is 1. The zero-order valence-corrected chi connectivity index (χ0v) is 17.0. The second kappa shape index (κ2) is 8.22. The number of aliphatic hydroxyl groups is 2. The van der Waals surface area contributed by atoms with Gasteiger partial charge in [-0.2, -0.15) is 0 Å². The predicted octanol–water partition coefficient (Wildman–Crippen LogP) is 3.98. The Morgan fingerprint density at radius 1 is 1.32 bits per heavy atom. The monoisotopic (exact) mass is 384 g/mol. The van der Waals surface area contributed by atoms with Gasteiger partial charge in [0, 0.05) is 24.3 Å². The van der Waals surface area contributed by atoms with Crippen molar-refractivity contribution >= 4 is 12.0 Å². The lowest BCUT2D eigenvalue weighted by Crippen LogP contribution is -2.47. The maximum absolute atomic E-state index is 12.5. The fourth-order valence-electron chi connectivity index (χ4n) is 5.16. The zero-order chi connectivity index (χ0) is 20.5. The molecule has 6 unspecified atom stereocenters. The highest BCUT2D eigenvalue weighted by Gasteiger charge is 2.54. The van der Waals surface area contributed by atoms with Crippen LogP contribution in [0.25, 0.3) is 6.08 Å². The normalized spacial score (nSPS) is 35.8. The van der Waals surface area contributed by atoms with Gasteiger partial charge in [-0.05, 0) is 43.2 Å². The number of rotatable bonds is 4. The third kappa shape index (κ3) is 4.23. The summed E-state index contributed by atoms with van der Waals surface area (Å²) in [6.45, 7) is 10.1. The zero-order valence-electron chi connectivity index (χ0n) is 17.0. The van der Waals surface area contributed by atoms with E-state index in [0.717, 1.165) is 17.6 Å². The highest BCUT2D eigenvalue weighted by Crippen LogP contribution is 2.51. The maximum Gasteiger partial charge on any atom is 0.331 e. The van der Waals surface area contributed by atoms with Gasteiger partial charge >= 0.3 is 5.97 Å². The Balaban J connectivity index is 1.80. The third-order valence-corrected chi connectivity index (χ3v) is 6.54. The first-order valence-electron chi connectivity index (χ1n) is 10.2. The van der Waals surface area contributed by atoms with Crippen LogP contribution in [0.2, 0.25) is 0 Å². The minimum Gasteiger partial charge on any atom is -0.458 e. The van der Waals surface area contributed by atoms with Gasteiger partial charge in [-0.15, -0.1) is 0 Å². The quantitative estimate of drug-likeness (QED) is 0.468. The van der Waals surface area contributed by atoms with Gasteiger partial charge < -0.3 is 14.9 Å². The lowest BCUT2D eigenvalue weighted by molar-refractivity contribution is -0.152. The molecule has 0 aromatic heterocycles. The molecule has 1 aromatic carbocycles. The standard InChI is InChI=1S/C24H32O4/c1-15(2)21-19(28-20(25)11-10-17-8-6-5-7-9-17)14-16(3)18-12-13-24(4,27)22(18)23(21)26/h5-11,15,18-19,21-23,26-27H,3,12-14H2,1-2,4H3. The van der Waals surface area contributed by atoms with E-state index in [1.807, 2.05) is 44.2 Å². The Bertz CT molecular complexity index is 734. The molecule has 0 amide bonds. The molecular weight excluding hydrogens is 352 g/mol. The minimum atomic E-state index is -0.924. The van der Waals surface area contributed by atoms with Crippen molar-refractivity contribution in [2.45, 2.75) is 57.8 Å². The van der Waals surface area contributed by atoms with Gasteiger partial charge in [0.2, 0.25) is 0 Å². The Morgan fingerprint density at radius 3 is 2.64 bits per heavy atom. The number of fused-ring (bicyclic) bond motifs is 1. The number of ether oxygens (including phenoxy) is 1. The minimum absolute atomic E-state index is 0.0646. The molecule has 2 aliphatic carbocycles. The average Bonchev–Trinajstić information content (AvgIpc) is 2.90. The topological polar surface area (TPSA) is 66.8 Å². The van der Waals surface area contributed by atoms with Gasteiger partial charge in [-0.25, -0.2) is 4.79 Å². The second-order valence-corrected chi connectivity index (χ2v) is 8.92. The van der Waals surface area contributed by atoms with E-state index >= 15 is 0 Å². The first kappa shape index (κ1) is 20.8. The Hall–Kier alpha value is -1.91. The summed E-state index contributed by atoms with van der Waals surface area (Å²) in [6.07, 6.45) is 3.98. The molecule has 28 heavy (non-hydrogen) atoms. The van der Waals surface area contributed by atoms with Crippen molar-refractivity contribution in [3.8, 4) is 0 Å². The van der Waals surface area contributed by atoms with Crippen LogP contribution in [-0.4, -0.2) is 34.0 Å². The van der Waals surface area contributed by atoms with Crippen molar-refractivity contribution < 1.29 is 19.7 Å². The summed E-state index contributed by atoms with van der Waals surface area (Å²) in [6, 6.07) is 9.59. The molecular formula is C24H32O4. The van der Waals surface area contributed by atoms with Crippen LogP contribution in [0.3, 0.4) is 0 Å². The van der Waals surface area contributed by atoms with Gasteiger partial charge in [0.25, 0.3) is 0 Å². The summed E-state index contributed by atoms with van der Waals surface area (Å²) in [5, 5.41) is 22.1. The largest absolute Gasteiger partial charge is 0.458 e. The van der Waals surface area contributed by atoms with Gasteiger partial charge in [-0.3, -0.25) is 0 Å². The molecule has 2 saturated carbocycles. The molecule has 0 bridgehead atoms. The van der Waals surface area contributed by atoms with Crippen molar-refractivity contribution in [3.05, 3.63) is 54.1 Å². The van der Waals surface area contributed by atoms with E-state index in [9.17, 15) is 15.0 Å². The molecule has 0 radical (unpaired) electrons. The average molecular weight is 385 g/mol. The van der Waals surface area contributed by atoms with Crippen molar-refractivity contribution in [3.63, 3.8) is 0 Å². The van der Waals surface area contributed by atoms with Crippen LogP contribution < -0.4 is 0 Å². The number of carbonyl (C=O) groups is 1. The number of aliphatic hydroxyl groups excluding tert-OH is 1. The van der Waals surface area contributed by atoms with E-state index in [1.54, 1.807) is 13.0 Å². The second-order valence-electron chi connectivity index (χ2n) is 8.92. The SMILES string of the molecule is C=C1CC(OC(=O)C=Cc2ccccc2)C(C(C)C)C(O)C2C1CCC2(C)O. The van der Waals surface area contributed by atoms with Crippen LogP contribution in [-0.2, 0) is 9.53 Å². The van der Waals surface area contributed by atoms with Gasteiger partial charge in [0.15, 0.2) is 0 Å². The van der Waals surface area contributed by atoms with E-state index in [4.69, 9.17) is 4.74 Å². The first-order valence-corrected chi connectivity index (χ1v) is 10.2. The molecule has 2 N–H and O–H groups in total. The summed E-state index contributed by atoms with van der Waals surface area (Å²) in [7, 11) is 0. The van der Waals surface area contributed by atoms with Crippen LogP contribution in [0.1, 0.15) is 45.6 Å². The van der Waals surface area contributed by atoms with Gasteiger partial charge in [0.1, 0.15) is 6.10 Å². The van der Waals surface area contributed by atoms with Crippen LogP contribution in [0.5, 0.6) is 0 Å².